The van der Waals surface area contributed by atoms with Crippen LogP contribution in [0.5, 0.6) is 11.5 Å². The number of hydrogen-bond acceptors (Lipinski definition) is 4. The van der Waals surface area contributed by atoms with Crippen molar-refractivity contribution in [1.29, 1.82) is 0 Å². The van der Waals surface area contributed by atoms with Crippen molar-refractivity contribution in [3.8, 4) is 11.5 Å². The Labute approximate surface area is 143 Å². The lowest BCUT2D eigenvalue weighted by Crippen LogP contribution is -2.45. The van der Waals surface area contributed by atoms with E-state index in [1.807, 2.05) is 11.0 Å². The lowest BCUT2D eigenvalue weighted by atomic mass is 10.0. The van der Waals surface area contributed by atoms with Crippen molar-refractivity contribution in [3.63, 3.8) is 0 Å². The number of hydrogen-bond donors (Lipinski definition) is 1. The van der Waals surface area contributed by atoms with Gasteiger partial charge >= 0.3 is 0 Å². The molecule has 5 nitrogen and oxygen atoms in total. The molecule has 1 aliphatic rings. The number of halogens is 1. The third kappa shape index (κ3) is 4.39. The summed E-state index contributed by atoms with van der Waals surface area (Å²) in [5, 5.41) is 0. The number of rotatable bonds is 5. The van der Waals surface area contributed by atoms with E-state index in [1.54, 1.807) is 26.4 Å². The molecule has 1 amide bonds. The summed E-state index contributed by atoms with van der Waals surface area (Å²) in [5.41, 5.74) is 7.46. The maximum Gasteiger partial charge on any atom is 0.254 e. The van der Waals surface area contributed by atoms with Crippen molar-refractivity contribution in [3.05, 3.63) is 35.9 Å². The highest BCUT2D eigenvalue weighted by Gasteiger charge is 2.24. The van der Waals surface area contributed by atoms with Crippen LogP contribution in [0.3, 0.4) is 0 Å². The molecule has 2 N–H and O–H groups in total. The number of methoxy groups -OCH3 is 2. The van der Waals surface area contributed by atoms with Crippen LogP contribution in [0.2, 0.25) is 0 Å². The van der Waals surface area contributed by atoms with Crippen molar-refractivity contribution in [1.82, 2.24) is 4.90 Å². The fraction of sp³-hybridized carbons (Fsp3) is 0.471. The molecule has 0 bridgehead atoms. The van der Waals surface area contributed by atoms with Crippen molar-refractivity contribution in [2.75, 3.05) is 27.3 Å². The molecule has 0 aromatic heterocycles. The van der Waals surface area contributed by atoms with Crippen molar-refractivity contribution < 1.29 is 14.3 Å². The number of ether oxygens (including phenoxy) is 2. The lowest BCUT2D eigenvalue weighted by molar-refractivity contribution is 0.0708. The van der Waals surface area contributed by atoms with Gasteiger partial charge in [0.25, 0.3) is 5.91 Å². The smallest absolute Gasteiger partial charge is 0.254 e. The number of nitrogens with zero attached hydrogens (tertiary/aromatic N) is 1. The number of piperidine rings is 1. The van der Waals surface area contributed by atoms with Gasteiger partial charge in [0.2, 0.25) is 0 Å². The molecule has 1 heterocycles. The summed E-state index contributed by atoms with van der Waals surface area (Å²) in [5.74, 6) is 1.20. The zero-order chi connectivity index (χ0) is 16.1. The van der Waals surface area contributed by atoms with E-state index in [9.17, 15) is 4.79 Å². The minimum absolute atomic E-state index is 0. The SMILES string of the molecule is C=CCc1cc(C(=O)N2CCCC(N)C2)cc(OC)c1OC.Cl. The van der Waals surface area contributed by atoms with Gasteiger partial charge in [-0.05, 0) is 31.4 Å². The first kappa shape index (κ1) is 19.3. The fourth-order valence-electron chi connectivity index (χ4n) is 2.85. The van der Waals surface area contributed by atoms with Gasteiger partial charge in [0, 0.05) is 30.3 Å². The molecule has 6 heteroatoms. The van der Waals surface area contributed by atoms with Gasteiger partial charge in [0.05, 0.1) is 14.2 Å². The summed E-state index contributed by atoms with van der Waals surface area (Å²) >= 11 is 0. The van der Waals surface area contributed by atoms with E-state index in [-0.39, 0.29) is 24.4 Å². The molecule has 0 radical (unpaired) electrons. The maximum absolute atomic E-state index is 12.7. The molecule has 0 spiro atoms. The molecule has 128 valence electrons. The molecular formula is C17H25ClN2O3. The topological polar surface area (TPSA) is 64.8 Å². The first-order valence-corrected chi connectivity index (χ1v) is 7.51. The number of allylic oxidation sites excluding steroid dienone is 1. The standard InChI is InChI=1S/C17H24N2O3.ClH/c1-4-6-12-9-13(10-15(21-2)16(12)22-3)17(20)19-8-5-7-14(18)11-19;/h4,9-10,14H,1,5-8,11,18H2,2-3H3;1H. The number of nitrogens with two attached hydrogens (primary N) is 1. The highest BCUT2D eigenvalue weighted by Crippen LogP contribution is 2.33. The van der Waals surface area contributed by atoms with E-state index in [2.05, 4.69) is 6.58 Å². The Hall–Kier alpha value is -1.72. The number of carbonyl (C=O) groups excluding carboxylic acids is 1. The average Bonchev–Trinajstić information content (AvgIpc) is 2.53. The highest BCUT2D eigenvalue weighted by atomic mass is 35.5. The van der Waals surface area contributed by atoms with Gasteiger partial charge in [-0.3, -0.25) is 4.79 Å². The molecule has 1 aromatic rings. The monoisotopic (exact) mass is 340 g/mol. The molecule has 1 atom stereocenters. The average molecular weight is 341 g/mol. The summed E-state index contributed by atoms with van der Waals surface area (Å²) in [6.45, 7) is 5.10. The summed E-state index contributed by atoms with van der Waals surface area (Å²) in [6.07, 6.45) is 4.31. The Morgan fingerprint density at radius 3 is 2.74 bits per heavy atom. The largest absolute Gasteiger partial charge is 0.493 e. The number of carbonyl (C=O) groups is 1. The molecule has 1 fully saturated rings. The van der Waals surface area contributed by atoms with Crippen LogP contribution < -0.4 is 15.2 Å². The summed E-state index contributed by atoms with van der Waals surface area (Å²) in [6, 6.07) is 3.64. The van der Waals surface area contributed by atoms with Crippen molar-refractivity contribution in [2.24, 2.45) is 5.73 Å². The fourth-order valence-corrected chi connectivity index (χ4v) is 2.85. The van der Waals surface area contributed by atoms with Crippen LogP contribution in [-0.2, 0) is 6.42 Å². The van der Waals surface area contributed by atoms with Crippen molar-refractivity contribution in [2.45, 2.75) is 25.3 Å². The van der Waals surface area contributed by atoms with Crippen LogP contribution in [-0.4, -0.2) is 44.2 Å². The van der Waals surface area contributed by atoms with Crippen LogP contribution in [0.15, 0.2) is 24.8 Å². The van der Waals surface area contributed by atoms with Crippen LogP contribution >= 0.6 is 12.4 Å². The third-order valence-electron chi connectivity index (χ3n) is 3.91. The Morgan fingerprint density at radius 2 is 2.17 bits per heavy atom. The zero-order valence-corrected chi connectivity index (χ0v) is 14.5. The van der Waals surface area contributed by atoms with Gasteiger partial charge in [-0.1, -0.05) is 6.08 Å². The summed E-state index contributed by atoms with van der Waals surface area (Å²) in [7, 11) is 3.16. The minimum Gasteiger partial charge on any atom is -0.493 e. The molecule has 1 aromatic carbocycles. The predicted octanol–water partition coefficient (Wildman–Crippen LogP) is 2.42. The molecule has 0 saturated carbocycles. The zero-order valence-electron chi connectivity index (χ0n) is 13.7. The molecule has 0 aliphatic carbocycles. The Morgan fingerprint density at radius 1 is 1.43 bits per heavy atom. The van der Waals surface area contributed by atoms with Gasteiger partial charge in [-0.25, -0.2) is 0 Å². The highest BCUT2D eigenvalue weighted by molar-refractivity contribution is 5.95. The molecule has 23 heavy (non-hydrogen) atoms. The van der Waals surface area contributed by atoms with Gasteiger partial charge in [0.1, 0.15) is 0 Å². The number of benzene rings is 1. The third-order valence-corrected chi connectivity index (χ3v) is 3.91. The van der Waals surface area contributed by atoms with Gasteiger partial charge < -0.3 is 20.1 Å². The molecule has 1 unspecified atom stereocenters. The maximum atomic E-state index is 12.7. The second kappa shape index (κ2) is 8.79. The van der Waals surface area contributed by atoms with Gasteiger partial charge in [0.15, 0.2) is 11.5 Å². The number of likely N-dealkylation sites (tertiary alicyclic amines) is 1. The molecule has 1 aliphatic heterocycles. The summed E-state index contributed by atoms with van der Waals surface area (Å²) < 4.78 is 10.8. The number of amides is 1. The Bertz CT molecular complexity index is 563. The second-order valence-electron chi connectivity index (χ2n) is 5.52. The van der Waals surface area contributed by atoms with Gasteiger partial charge in [-0.2, -0.15) is 0 Å². The first-order valence-electron chi connectivity index (χ1n) is 7.51. The van der Waals surface area contributed by atoms with E-state index in [1.165, 1.54) is 0 Å². The van der Waals surface area contributed by atoms with E-state index >= 15 is 0 Å². The van der Waals surface area contributed by atoms with Crippen LogP contribution in [0.4, 0.5) is 0 Å². The normalized spacial score (nSPS) is 17.2. The predicted molar refractivity (Wildman–Crippen MR) is 93.8 cm³/mol. The molecular weight excluding hydrogens is 316 g/mol. The van der Waals surface area contributed by atoms with Crippen LogP contribution in [0.25, 0.3) is 0 Å². The quantitative estimate of drug-likeness (QED) is 0.836. The van der Waals surface area contributed by atoms with Crippen molar-refractivity contribution >= 4 is 18.3 Å². The van der Waals surface area contributed by atoms with Crippen LogP contribution in [0, 0.1) is 0 Å². The lowest BCUT2D eigenvalue weighted by Gasteiger charge is -2.31. The minimum atomic E-state index is -0.0126. The van der Waals surface area contributed by atoms with E-state index in [0.717, 1.165) is 24.9 Å². The molecule has 2 rings (SSSR count). The summed E-state index contributed by atoms with van der Waals surface area (Å²) in [4.78, 5) is 14.5. The Kier molecular flexibility index (Phi) is 7.39. The first-order chi connectivity index (χ1) is 10.6. The molecule has 1 saturated heterocycles. The van der Waals surface area contributed by atoms with Crippen LogP contribution in [0.1, 0.15) is 28.8 Å². The Balaban J connectivity index is 0.00000264. The second-order valence-corrected chi connectivity index (χ2v) is 5.52. The van der Waals surface area contributed by atoms with E-state index in [4.69, 9.17) is 15.2 Å². The van der Waals surface area contributed by atoms with E-state index < -0.39 is 0 Å². The van der Waals surface area contributed by atoms with Gasteiger partial charge in [-0.15, -0.1) is 19.0 Å². The van der Waals surface area contributed by atoms with E-state index in [0.29, 0.717) is 30.0 Å².